The number of aromatic nitrogens is 1. The van der Waals surface area contributed by atoms with Crippen LogP contribution in [-0.4, -0.2) is 40.6 Å². The molecule has 0 fully saturated rings. The van der Waals surface area contributed by atoms with Crippen molar-refractivity contribution in [3.05, 3.63) is 17.0 Å². The normalized spacial score (nSPS) is 10.4. The lowest BCUT2D eigenvalue weighted by molar-refractivity contribution is -0.138. The maximum absolute atomic E-state index is 11.8. The fourth-order valence-electron chi connectivity index (χ4n) is 1.67. The van der Waals surface area contributed by atoms with Crippen LogP contribution in [0.3, 0.4) is 0 Å². The molecule has 1 aromatic heterocycles. The first-order valence-electron chi connectivity index (χ1n) is 5.79. The van der Waals surface area contributed by atoms with Gasteiger partial charge >= 0.3 is 5.97 Å². The zero-order chi connectivity index (χ0) is 13.7. The first-order valence-corrected chi connectivity index (χ1v) is 5.79. The van der Waals surface area contributed by atoms with Crippen LogP contribution in [0.2, 0.25) is 0 Å². The molecule has 6 heteroatoms. The molecule has 1 rings (SSSR count). The number of carboxylic acid groups (broad SMARTS) is 1. The Morgan fingerprint density at radius 1 is 1.33 bits per heavy atom. The minimum Gasteiger partial charge on any atom is -0.481 e. The van der Waals surface area contributed by atoms with E-state index in [0.29, 0.717) is 12.8 Å². The SMILES string of the molecule is Cc1noc(C)c1CCC(=O)N(C)CCC(=O)O. The summed E-state index contributed by atoms with van der Waals surface area (Å²) in [6.07, 6.45) is 0.865. The average Bonchev–Trinajstić information content (AvgIpc) is 2.63. The minimum absolute atomic E-state index is 0.0342. The maximum atomic E-state index is 11.8. The van der Waals surface area contributed by atoms with Gasteiger partial charge in [0, 0.05) is 25.6 Å². The van der Waals surface area contributed by atoms with Crippen LogP contribution >= 0.6 is 0 Å². The largest absolute Gasteiger partial charge is 0.481 e. The first kappa shape index (κ1) is 14.2. The molecule has 0 unspecified atom stereocenters. The zero-order valence-electron chi connectivity index (χ0n) is 10.9. The molecule has 18 heavy (non-hydrogen) atoms. The molecule has 0 aromatic carbocycles. The van der Waals surface area contributed by atoms with E-state index >= 15 is 0 Å². The molecule has 6 nitrogen and oxygen atoms in total. The van der Waals surface area contributed by atoms with Crippen LogP contribution in [0.1, 0.15) is 29.9 Å². The van der Waals surface area contributed by atoms with Crippen LogP contribution in [-0.2, 0) is 16.0 Å². The molecule has 0 aliphatic heterocycles. The van der Waals surface area contributed by atoms with E-state index in [1.165, 1.54) is 4.90 Å². The van der Waals surface area contributed by atoms with Gasteiger partial charge in [-0.25, -0.2) is 0 Å². The van der Waals surface area contributed by atoms with E-state index in [9.17, 15) is 9.59 Å². The zero-order valence-corrected chi connectivity index (χ0v) is 10.9. The first-order chi connectivity index (χ1) is 8.41. The lowest BCUT2D eigenvalue weighted by Gasteiger charge is -2.15. The summed E-state index contributed by atoms with van der Waals surface area (Å²) in [7, 11) is 1.61. The van der Waals surface area contributed by atoms with Crippen LogP contribution < -0.4 is 0 Å². The van der Waals surface area contributed by atoms with Crippen LogP contribution in [0.15, 0.2) is 4.52 Å². The molecule has 1 amide bonds. The van der Waals surface area contributed by atoms with Gasteiger partial charge in [-0.15, -0.1) is 0 Å². The van der Waals surface area contributed by atoms with Crippen LogP contribution in [0.25, 0.3) is 0 Å². The third kappa shape index (κ3) is 3.87. The number of aryl methyl sites for hydroxylation is 2. The molecular weight excluding hydrogens is 236 g/mol. The summed E-state index contributed by atoms with van der Waals surface area (Å²) in [6.45, 7) is 3.88. The van der Waals surface area contributed by atoms with E-state index < -0.39 is 5.97 Å². The van der Waals surface area contributed by atoms with Crippen molar-refractivity contribution in [3.63, 3.8) is 0 Å². The maximum Gasteiger partial charge on any atom is 0.305 e. The molecule has 0 aliphatic carbocycles. The number of hydrogen-bond donors (Lipinski definition) is 1. The number of carbonyl (C=O) groups excluding carboxylic acids is 1. The molecular formula is C12H18N2O4. The number of carboxylic acids is 1. The lowest BCUT2D eigenvalue weighted by Crippen LogP contribution is -2.29. The van der Waals surface area contributed by atoms with Crippen molar-refractivity contribution in [1.82, 2.24) is 10.1 Å². The summed E-state index contributed by atoms with van der Waals surface area (Å²) in [4.78, 5) is 23.6. The lowest BCUT2D eigenvalue weighted by atomic mass is 10.1. The van der Waals surface area contributed by atoms with E-state index in [1.807, 2.05) is 13.8 Å². The van der Waals surface area contributed by atoms with Crippen LogP contribution in [0.4, 0.5) is 0 Å². The molecule has 0 spiro atoms. The number of hydrogen-bond acceptors (Lipinski definition) is 4. The Bertz CT molecular complexity index is 420. The fourth-order valence-corrected chi connectivity index (χ4v) is 1.67. The second-order valence-corrected chi connectivity index (χ2v) is 4.26. The third-order valence-corrected chi connectivity index (χ3v) is 2.86. The Balaban J connectivity index is 2.43. The molecule has 0 atom stereocenters. The Hall–Kier alpha value is -1.85. The standard InChI is InChI=1S/C12H18N2O4/c1-8-10(9(2)18-13-8)4-5-11(15)14(3)7-6-12(16)17/h4-7H2,1-3H3,(H,16,17). The van der Waals surface area contributed by atoms with Crippen molar-refractivity contribution in [2.24, 2.45) is 0 Å². The highest BCUT2D eigenvalue weighted by Gasteiger charge is 2.14. The Kier molecular flexibility index (Phi) is 4.88. The monoisotopic (exact) mass is 254 g/mol. The molecule has 0 radical (unpaired) electrons. The summed E-state index contributed by atoms with van der Waals surface area (Å²) in [5, 5.41) is 12.4. The summed E-state index contributed by atoms with van der Waals surface area (Å²) < 4.78 is 5.01. The molecule has 1 heterocycles. The summed E-state index contributed by atoms with van der Waals surface area (Å²) >= 11 is 0. The molecule has 0 bridgehead atoms. The Morgan fingerprint density at radius 3 is 2.50 bits per heavy atom. The van der Waals surface area contributed by atoms with E-state index in [2.05, 4.69) is 5.16 Å². The van der Waals surface area contributed by atoms with Crippen molar-refractivity contribution >= 4 is 11.9 Å². The van der Waals surface area contributed by atoms with Gasteiger partial charge in [-0.3, -0.25) is 9.59 Å². The molecule has 1 aromatic rings. The second-order valence-electron chi connectivity index (χ2n) is 4.26. The Morgan fingerprint density at radius 2 is 2.00 bits per heavy atom. The second kappa shape index (κ2) is 6.18. The quantitative estimate of drug-likeness (QED) is 0.823. The van der Waals surface area contributed by atoms with Crippen molar-refractivity contribution in [1.29, 1.82) is 0 Å². The fraction of sp³-hybridized carbons (Fsp3) is 0.583. The van der Waals surface area contributed by atoms with Gasteiger partial charge < -0.3 is 14.5 Å². The van der Waals surface area contributed by atoms with Gasteiger partial charge in [0.2, 0.25) is 5.91 Å². The van der Waals surface area contributed by atoms with E-state index in [1.54, 1.807) is 7.05 Å². The number of amides is 1. The number of rotatable bonds is 6. The van der Waals surface area contributed by atoms with E-state index in [-0.39, 0.29) is 18.9 Å². The van der Waals surface area contributed by atoms with Gasteiger partial charge in [0.05, 0.1) is 12.1 Å². The van der Waals surface area contributed by atoms with E-state index in [0.717, 1.165) is 17.0 Å². The highest BCUT2D eigenvalue weighted by atomic mass is 16.5. The van der Waals surface area contributed by atoms with Gasteiger partial charge in [-0.05, 0) is 20.3 Å². The van der Waals surface area contributed by atoms with Crippen molar-refractivity contribution in [3.8, 4) is 0 Å². The van der Waals surface area contributed by atoms with Gasteiger partial charge in [-0.2, -0.15) is 0 Å². The smallest absolute Gasteiger partial charge is 0.305 e. The van der Waals surface area contributed by atoms with Gasteiger partial charge in [0.15, 0.2) is 0 Å². The van der Waals surface area contributed by atoms with Crippen LogP contribution in [0, 0.1) is 13.8 Å². The third-order valence-electron chi connectivity index (χ3n) is 2.86. The molecule has 1 N–H and O–H groups in total. The predicted octanol–water partition coefficient (Wildman–Crippen LogP) is 1.16. The average molecular weight is 254 g/mol. The highest BCUT2D eigenvalue weighted by molar-refractivity contribution is 5.77. The van der Waals surface area contributed by atoms with Crippen molar-refractivity contribution in [2.75, 3.05) is 13.6 Å². The molecule has 100 valence electrons. The van der Waals surface area contributed by atoms with Crippen molar-refractivity contribution < 1.29 is 19.2 Å². The number of carbonyl (C=O) groups is 2. The number of nitrogens with zero attached hydrogens (tertiary/aromatic N) is 2. The highest BCUT2D eigenvalue weighted by Crippen LogP contribution is 2.14. The van der Waals surface area contributed by atoms with E-state index in [4.69, 9.17) is 9.63 Å². The topological polar surface area (TPSA) is 83.6 Å². The van der Waals surface area contributed by atoms with Crippen LogP contribution in [0.5, 0.6) is 0 Å². The molecule has 0 aliphatic rings. The predicted molar refractivity (Wildman–Crippen MR) is 64.2 cm³/mol. The summed E-state index contributed by atoms with van der Waals surface area (Å²) in [6, 6.07) is 0. The van der Waals surface area contributed by atoms with Gasteiger partial charge in [-0.1, -0.05) is 5.16 Å². The molecule has 0 saturated carbocycles. The van der Waals surface area contributed by atoms with Gasteiger partial charge in [0.25, 0.3) is 0 Å². The summed E-state index contributed by atoms with van der Waals surface area (Å²) in [5.41, 5.74) is 1.75. The summed E-state index contributed by atoms with van der Waals surface area (Å²) in [5.74, 6) is -0.245. The van der Waals surface area contributed by atoms with Crippen molar-refractivity contribution in [2.45, 2.75) is 33.1 Å². The Labute approximate surface area is 106 Å². The minimum atomic E-state index is -0.902. The van der Waals surface area contributed by atoms with Gasteiger partial charge in [0.1, 0.15) is 5.76 Å². The number of aliphatic carboxylic acids is 1. The molecule has 0 saturated heterocycles.